The van der Waals surface area contributed by atoms with Crippen LogP contribution in [0.5, 0.6) is 0 Å². The highest BCUT2D eigenvalue weighted by Crippen LogP contribution is 2.23. The normalized spacial score (nSPS) is 12.6. The zero-order valence-electron chi connectivity index (χ0n) is 9.48. The lowest BCUT2D eigenvalue weighted by Gasteiger charge is -2.13. The van der Waals surface area contributed by atoms with Gasteiger partial charge in [-0.1, -0.05) is 23.7 Å². The number of halogens is 2. The Morgan fingerprint density at radius 3 is 2.82 bits per heavy atom. The van der Waals surface area contributed by atoms with Gasteiger partial charge in [-0.15, -0.1) is 11.6 Å². The molecule has 0 radical (unpaired) electrons. The van der Waals surface area contributed by atoms with Crippen molar-refractivity contribution >= 4 is 23.2 Å². The van der Waals surface area contributed by atoms with Gasteiger partial charge in [0.25, 0.3) is 0 Å². The van der Waals surface area contributed by atoms with Gasteiger partial charge < -0.3 is 0 Å². The summed E-state index contributed by atoms with van der Waals surface area (Å²) in [5, 5.41) is 4.78. The molecule has 0 bridgehead atoms. The van der Waals surface area contributed by atoms with Crippen LogP contribution in [0.1, 0.15) is 17.3 Å². The fraction of sp³-hybridized carbons (Fsp3) is 0.333. The van der Waals surface area contributed by atoms with E-state index in [1.807, 2.05) is 31.3 Å². The van der Waals surface area contributed by atoms with Crippen molar-refractivity contribution in [2.45, 2.75) is 12.3 Å². The zero-order chi connectivity index (χ0) is 12.3. The number of nitrogens with zero attached hydrogens (tertiary/aromatic N) is 3. The molecular formula is C12H13Cl2N3. The second-order valence-electron chi connectivity index (χ2n) is 3.91. The first kappa shape index (κ1) is 12.4. The Kier molecular flexibility index (Phi) is 4.02. The maximum Gasteiger partial charge on any atom is 0.138 e. The number of alkyl halides is 1. The molecule has 1 heterocycles. The van der Waals surface area contributed by atoms with Gasteiger partial charge in [-0.05, 0) is 17.7 Å². The largest absolute Gasteiger partial charge is 0.253 e. The summed E-state index contributed by atoms with van der Waals surface area (Å²) < 4.78 is 1.77. The predicted molar refractivity (Wildman–Crippen MR) is 69.6 cm³/mol. The SMILES string of the molecule is Cn1ncnc1CC(CCl)c1cccc(Cl)c1. The fourth-order valence-electron chi connectivity index (χ4n) is 1.75. The van der Waals surface area contributed by atoms with Crippen molar-refractivity contribution in [1.82, 2.24) is 14.8 Å². The van der Waals surface area contributed by atoms with E-state index in [4.69, 9.17) is 23.2 Å². The molecule has 2 aromatic rings. The Bertz CT molecular complexity index is 496. The van der Waals surface area contributed by atoms with E-state index in [9.17, 15) is 0 Å². The standard InChI is InChI=1S/C12H13Cl2N3/c1-17-12(15-8-16-17)6-10(7-13)9-3-2-4-11(14)5-9/h2-5,8,10H,6-7H2,1H3. The molecule has 1 unspecified atom stereocenters. The summed E-state index contributed by atoms with van der Waals surface area (Å²) in [6.45, 7) is 0. The quantitative estimate of drug-likeness (QED) is 0.799. The van der Waals surface area contributed by atoms with Crippen LogP contribution in [0.15, 0.2) is 30.6 Å². The van der Waals surface area contributed by atoms with Crippen molar-refractivity contribution in [2.24, 2.45) is 7.05 Å². The zero-order valence-corrected chi connectivity index (χ0v) is 11.0. The molecule has 90 valence electrons. The third-order valence-electron chi connectivity index (χ3n) is 2.74. The summed E-state index contributed by atoms with van der Waals surface area (Å²) in [5.74, 6) is 1.67. The molecule has 1 aromatic carbocycles. The number of hydrogen-bond donors (Lipinski definition) is 0. The molecule has 0 saturated heterocycles. The van der Waals surface area contributed by atoms with Crippen LogP contribution in [-0.2, 0) is 13.5 Å². The van der Waals surface area contributed by atoms with E-state index in [0.29, 0.717) is 5.88 Å². The monoisotopic (exact) mass is 269 g/mol. The molecule has 1 atom stereocenters. The predicted octanol–water partition coefficient (Wildman–Crippen LogP) is 3.03. The molecule has 0 fully saturated rings. The smallest absolute Gasteiger partial charge is 0.138 e. The minimum atomic E-state index is 0.207. The fourth-order valence-corrected chi connectivity index (χ4v) is 2.23. The first-order valence-electron chi connectivity index (χ1n) is 5.35. The molecule has 0 aliphatic rings. The lowest BCUT2D eigenvalue weighted by Crippen LogP contribution is -2.09. The third-order valence-corrected chi connectivity index (χ3v) is 3.35. The molecule has 0 aliphatic carbocycles. The van der Waals surface area contributed by atoms with Crippen LogP contribution >= 0.6 is 23.2 Å². The molecule has 0 aliphatic heterocycles. The first-order chi connectivity index (χ1) is 8.20. The minimum absolute atomic E-state index is 0.207. The van der Waals surface area contributed by atoms with Crippen LogP contribution in [0, 0.1) is 0 Å². The Hall–Kier alpha value is -1.06. The summed E-state index contributed by atoms with van der Waals surface area (Å²) in [6, 6.07) is 7.78. The Balaban J connectivity index is 2.20. The molecule has 3 nitrogen and oxygen atoms in total. The lowest BCUT2D eigenvalue weighted by atomic mass is 9.97. The second kappa shape index (κ2) is 5.52. The highest BCUT2D eigenvalue weighted by Gasteiger charge is 2.14. The summed E-state index contributed by atoms with van der Waals surface area (Å²) in [5.41, 5.74) is 1.13. The number of aromatic nitrogens is 3. The van der Waals surface area contributed by atoms with Gasteiger partial charge in [0, 0.05) is 30.3 Å². The van der Waals surface area contributed by atoms with Gasteiger partial charge in [0.2, 0.25) is 0 Å². The highest BCUT2D eigenvalue weighted by molar-refractivity contribution is 6.30. The Labute approximate surface area is 110 Å². The maximum atomic E-state index is 6.02. The number of rotatable bonds is 4. The van der Waals surface area contributed by atoms with Crippen molar-refractivity contribution in [3.63, 3.8) is 0 Å². The first-order valence-corrected chi connectivity index (χ1v) is 6.26. The average molecular weight is 270 g/mol. The number of benzene rings is 1. The molecule has 5 heteroatoms. The molecule has 0 amide bonds. The lowest BCUT2D eigenvalue weighted by molar-refractivity contribution is 0.648. The molecule has 2 rings (SSSR count). The molecular weight excluding hydrogens is 257 g/mol. The third kappa shape index (κ3) is 2.99. The summed E-state index contributed by atoms with van der Waals surface area (Å²) in [4.78, 5) is 4.21. The minimum Gasteiger partial charge on any atom is -0.253 e. The highest BCUT2D eigenvalue weighted by atomic mass is 35.5. The van der Waals surface area contributed by atoms with Gasteiger partial charge in [-0.2, -0.15) is 5.10 Å². The molecule has 0 saturated carbocycles. The van der Waals surface area contributed by atoms with E-state index in [2.05, 4.69) is 10.1 Å². The van der Waals surface area contributed by atoms with E-state index in [1.54, 1.807) is 11.0 Å². The maximum absolute atomic E-state index is 6.02. The van der Waals surface area contributed by atoms with Crippen molar-refractivity contribution in [1.29, 1.82) is 0 Å². The molecule has 0 spiro atoms. The summed E-state index contributed by atoms with van der Waals surface area (Å²) in [7, 11) is 1.88. The van der Waals surface area contributed by atoms with Gasteiger partial charge in [-0.3, -0.25) is 4.68 Å². The van der Waals surface area contributed by atoms with E-state index in [-0.39, 0.29) is 5.92 Å². The van der Waals surface area contributed by atoms with Gasteiger partial charge in [0.1, 0.15) is 12.2 Å². The average Bonchev–Trinajstić information content (AvgIpc) is 2.71. The topological polar surface area (TPSA) is 30.7 Å². The van der Waals surface area contributed by atoms with E-state index in [0.717, 1.165) is 22.8 Å². The van der Waals surface area contributed by atoms with Crippen LogP contribution in [0.3, 0.4) is 0 Å². The summed E-state index contributed by atoms with van der Waals surface area (Å²) >= 11 is 12.0. The van der Waals surface area contributed by atoms with Gasteiger partial charge in [0.15, 0.2) is 0 Å². The van der Waals surface area contributed by atoms with Crippen molar-refractivity contribution in [2.75, 3.05) is 5.88 Å². The van der Waals surface area contributed by atoms with Crippen LogP contribution in [0.25, 0.3) is 0 Å². The van der Waals surface area contributed by atoms with E-state index < -0.39 is 0 Å². The van der Waals surface area contributed by atoms with E-state index >= 15 is 0 Å². The van der Waals surface area contributed by atoms with Gasteiger partial charge in [0.05, 0.1) is 0 Å². The Morgan fingerprint density at radius 1 is 1.41 bits per heavy atom. The molecule has 1 aromatic heterocycles. The number of hydrogen-bond acceptors (Lipinski definition) is 2. The van der Waals surface area contributed by atoms with Crippen LogP contribution < -0.4 is 0 Å². The summed E-state index contributed by atoms with van der Waals surface area (Å²) in [6.07, 6.45) is 2.32. The van der Waals surface area contributed by atoms with Gasteiger partial charge in [-0.25, -0.2) is 4.98 Å². The van der Waals surface area contributed by atoms with Crippen LogP contribution in [0.4, 0.5) is 0 Å². The molecule has 17 heavy (non-hydrogen) atoms. The van der Waals surface area contributed by atoms with E-state index in [1.165, 1.54) is 0 Å². The van der Waals surface area contributed by atoms with Crippen molar-refractivity contribution < 1.29 is 0 Å². The van der Waals surface area contributed by atoms with Gasteiger partial charge >= 0.3 is 0 Å². The van der Waals surface area contributed by atoms with Crippen molar-refractivity contribution in [3.05, 3.63) is 47.0 Å². The molecule has 0 N–H and O–H groups in total. The second-order valence-corrected chi connectivity index (χ2v) is 4.66. The van der Waals surface area contributed by atoms with Crippen LogP contribution in [-0.4, -0.2) is 20.6 Å². The Morgan fingerprint density at radius 2 is 2.24 bits per heavy atom. The number of aryl methyl sites for hydroxylation is 1. The van der Waals surface area contributed by atoms with Crippen LogP contribution in [0.2, 0.25) is 5.02 Å². The van der Waals surface area contributed by atoms with Crippen molar-refractivity contribution in [3.8, 4) is 0 Å².